The first-order chi connectivity index (χ1) is 10.1. The highest BCUT2D eigenvalue weighted by molar-refractivity contribution is 6.01. The summed E-state index contributed by atoms with van der Waals surface area (Å²) in [6.45, 7) is 0. The number of pyridine rings is 1. The number of benzene rings is 2. The van der Waals surface area contributed by atoms with Crippen molar-refractivity contribution in [3.05, 3.63) is 66.4 Å². The van der Waals surface area contributed by atoms with E-state index in [-0.39, 0.29) is 5.56 Å². The lowest BCUT2D eigenvalue weighted by molar-refractivity contribution is 0.0699. The predicted molar refractivity (Wildman–Crippen MR) is 84.0 cm³/mol. The average molecular weight is 281 g/mol. The largest absolute Gasteiger partial charge is 0.478 e. The van der Waals surface area contributed by atoms with Crippen molar-refractivity contribution in [3.8, 4) is 0 Å². The number of aromatic carboxylic acids is 1. The third-order valence-corrected chi connectivity index (χ3v) is 2.80. The van der Waals surface area contributed by atoms with Crippen LogP contribution in [-0.4, -0.2) is 16.1 Å². The molecule has 5 nitrogen and oxygen atoms in total. The molecule has 1 aromatic heterocycles. The molecular formula is C16H15N3O2. The van der Waals surface area contributed by atoms with Crippen LogP contribution in [0, 0.1) is 0 Å². The molecule has 0 bridgehead atoms. The van der Waals surface area contributed by atoms with E-state index in [0.29, 0.717) is 5.52 Å². The third-order valence-electron chi connectivity index (χ3n) is 2.80. The molecule has 5 heteroatoms. The van der Waals surface area contributed by atoms with Gasteiger partial charge in [0.2, 0.25) is 0 Å². The van der Waals surface area contributed by atoms with Crippen LogP contribution in [-0.2, 0) is 0 Å². The van der Waals surface area contributed by atoms with E-state index in [0.717, 1.165) is 16.8 Å². The zero-order valence-corrected chi connectivity index (χ0v) is 11.2. The van der Waals surface area contributed by atoms with E-state index in [2.05, 4.69) is 4.98 Å². The summed E-state index contributed by atoms with van der Waals surface area (Å²) in [7, 11) is 0. The molecule has 0 aliphatic rings. The van der Waals surface area contributed by atoms with Crippen LogP contribution in [0.3, 0.4) is 0 Å². The first-order valence-electron chi connectivity index (χ1n) is 6.26. The van der Waals surface area contributed by atoms with Gasteiger partial charge in [-0.05, 0) is 36.4 Å². The Kier molecular flexibility index (Phi) is 4.36. The smallest absolute Gasteiger partial charge is 0.337 e. The van der Waals surface area contributed by atoms with Gasteiger partial charge < -0.3 is 16.6 Å². The molecule has 0 radical (unpaired) electrons. The minimum absolute atomic E-state index is 0.248. The fraction of sp³-hybridized carbons (Fsp3) is 0. The molecule has 0 unspecified atom stereocenters. The van der Waals surface area contributed by atoms with Gasteiger partial charge in [0.15, 0.2) is 0 Å². The molecular weight excluding hydrogens is 266 g/mol. The number of hydrogen-bond acceptors (Lipinski definition) is 4. The first kappa shape index (κ1) is 14.3. The van der Waals surface area contributed by atoms with Gasteiger partial charge in [0.05, 0.1) is 11.1 Å². The van der Waals surface area contributed by atoms with Crippen molar-refractivity contribution in [1.29, 1.82) is 0 Å². The number of nitrogen functional groups attached to an aromatic ring is 2. The van der Waals surface area contributed by atoms with Gasteiger partial charge >= 0.3 is 5.97 Å². The lowest BCUT2D eigenvalue weighted by Gasteiger charge is -1.99. The topological polar surface area (TPSA) is 102 Å². The van der Waals surface area contributed by atoms with E-state index in [4.69, 9.17) is 16.6 Å². The highest BCUT2D eigenvalue weighted by atomic mass is 16.4. The summed E-state index contributed by atoms with van der Waals surface area (Å²) in [6, 6.07) is 15.8. The van der Waals surface area contributed by atoms with Gasteiger partial charge in [0, 0.05) is 23.0 Å². The standard InChI is InChI=1S/C10H7NO2.C6H8N2/c12-10(13)8-5-1-3-7-4-2-6-11-9(7)8;7-5-1-2-6(8)4-3-5/h1-6H,(H,12,13);1-4H,7-8H2. The van der Waals surface area contributed by atoms with Crippen LogP contribution < -0.4 is 11.5 Å². The molecule has 3 rings (SSSR count). The average Bonchev–Trinajstić information content (AvgIpc) is 2.50. The van der Waals surface area contributed by atoms with Gasteiger partial charge in [-0.15, -0.1) is 0 Å². The number of aromatic nitrogens is 1. The van der Waals surface area contributed by atoms with Crippen LogP contribution in [0.25, 0.3) is 10.9 Å². The minimum Gasteiger partial charge on any atom is -0.478 e. The Balaban J connectivity index is 0.000000173. The number of rotatable bonds is 1. The van der Waals surface area contributed by atoms with Crippen LogP contribution >= 0.6 is 0 Å². The Morgan fingerprint density at radius 1 is 0.905 bits per heavy atom. The molecule has 0 spiro atoms. The van der Waals surface area contributed by atoms with Crippen LogP contribution in [0.5, 0.6) is 0 Å². The lowest BCUT2D eigenvalue weighted by atomic mass is 10.1. The molecule has 2 aromatic carbocycles. The van der Waals surface area contributed by atoms with Gasteiger partial charge in [-0.25, -0.2) is 4.79 Å². The minimum atomic E-state index is -0.940. The predicted octanol–water partition coefficient (Wildman–Crippen LogP) is 2.78. The second-order valence-electron chi connectivity index (χ2n) is 4.35. The van der Waals surface area contributed by atoms with Gasteiger partial charge in [-0.2, -0.15) is 0 Å². The Morgan fingerprint density at radius 3 is 2.05 bits per heavy atom. The summed E-state index contributed by atoms with van der Waals surface area (Å²) in [5.74, 6) is -0.940. The monoisotopic (exact) mass is 281 g/mol. The maximum Gasteiger partial charge on any atom is 0.337 e. The summed E-state index contributed by atoms with van der Waals surface area (Å²) < 4.78 is 0. The molecule has 0 atom stereocenters. The normalized spacial score (nSPS) is 9.71. The van der Waals surface area contributed by atoms with E-state index in [1.54, 1.807) is 48.7 Å². The van der Waals surface area contributed by atoms with E-state index in [1.165, 1.54) is 0 Å². The first-order valence-corrected chi connectivity index (χ1v) is 6.26. The van der Waals surface area contributed by atoms with E-state index in [9.17, 15) is 4.79 Å². The quantitative estimate of drug-likeness (QED) is 0.595. The van der Waals surface area contributed by atoms with Crippen LogP contribution in [0.2, 0.25) is 0 Å². The Labute approximate surface area is 121 Å². The summed E-state index contributed by atoms with van der Waals surface area (Å²) in [4.78, 5) is 14.8. The molecule has 0 aliphatic heterocycles. The van der Waals surface area contributed by atoms with Crippen LogP contribution in [0.4, 0.5) is 11.4 Å². The zero-order chi connectivity index (χ0) is 15.2. The number of fused-ring (bicyclic) bond motifs is 1. The number of carbonyl (C=O) groups is 1. The van der Waals surface area contributed by atoms with Crippen LogP contribution in [0.15, 0.2) is 60.8 Å². The number of carboxylic acids is 1. The van der Waals surface area contributed by atoms with Gasteiger partial charge in [-0.3, -0.25) is 4.98 Å². The number of hydrogen-bond donors (Lipinski definition) is 3. The van der Waals surface area contributed by atoms with Crippen molar-refractivity contribution in [1.82, 2.24) is 4.98 Å². The molecule has 21 heavy (non-hydrogen) atoms. The van der Waals surface area contributed by atoms with Crippen molar-refractivity contribution >= 4 is 28.2 Å². The molecule has 106 valence electrons. The summed E-state index contributed by atoms with van der Waals surface area (Å²) in [6.07, 6.45) is 1.59. The summed E-state index contributed by atoms with van der Waals surface area (Å²) in [5.41, 5.74) is 13.0. The number of nitrogens with two attached hydrogens (primary N) is 2. The highest BCUT2D eigenvalue weighted by Crippen LogP contribution is 2.15. The van der Waals surface area contributed by atoms with Gasteiger partial charge in [0.1, 0.15) is 0 Å². The van der Waals surface area contributed by atoms with Crippen LogP contribution in [0.1, 0.15) is 10.4 Å². The number of nitrogens with zero attached hydrogens (tertiary/aromatic N) is 1. The fourth-order valence-corrected chi connectivity index (χ4v) is 1.77. The van der Waals surface area contributed by atoms with E-state index in [1.807, 2.05) is 12.1 Å². The molecule has 3 aromatic rings. The molecule has 0 saturated heterocycles. The van der Waals surface area contributed by atoms with Crippen molar-refractivity contribution < 1.29 is 9.90 Å². The van der Waals surface area contributed by atoms with Gasteiger partial charge in [-0.1, -0.05) is 18.2 Å². The number of carboxylic acid groups (broad SMARTS) is 1. The van der Waals surface area contributed by atoms with Crippen molar-refractivity contribution in [2.45, 2.75) is 0 Å². The van der Waals surface area contributed by atoms with E-state index >= 15 is 0 Å². The molecule has 1 heterocycles. The molecule has 0 amide bonds. The number of anilines is 2. The molecule has 5 N–H and O–H groups in total. The summed E-state index contributed by atoms with van der Waals surface area (Å²) >= 11 is 0. The van der Waals surface area contributed by atoms with Crippen molar-refractivity contribution in [3.63, 3.8) is 0 Å². The zero-order valence-electron chi connectivity index (χ0n) is 11.2. The lowest BCUT2D eigenvalue weighted by Crippen LogP contribution is -1.97. The second kappa shape index (κ2) is 6.38. The van der Waals surface area contributed by atoms with E-state index < -0.39 is 5.97 Å². The fourth-order valence-electron chi connectivity index (χ4n) is 1.77. The molecule has 0 saturated carbocycles. The Morgan fingerprint density at radius 2 is 1.48 bits per heavy atom. The third kappa shape index (κ3) is 3.70. The Hall–Kier alpha value is -3.08. The molecule has 0 aliphatic carbocycles. The summed E-state index contributed by atoms with van der Waals surface area (Å²) in [5, 5.41) is 9.69. The second-order valence-corrected chi connectivity index (χ2v) is 4.35. The van der Waals surface area contributed by atoms with Crippen molar-refractivity contribution in [2.24, 2.45) is 0 Å². The molecule has 0 fully saturated rings. The van der Waals surface area contributed by atoms with Crippen molar-refractivity contribution in [2.75, 3.05) is 11.5 Å². The highest BCUT2D eigenvalue weighted by Gasteiger charge is 2.07. The Bertz CT molecular complexity index is 729. The maximum atomic E-state index is 10.8. The SMILES string of the molecule is Nc1ccc(N)cc1.O=C(O)c1cccc2cccnc12. The van der Waals surface area contributed by atoms with Gasteiger partial charge in [0.25, 0.3) is 0 Å². The maximum absolute atomic E-state index is 10.8. The number of para-hydroxylation sites is 1.